The van der Waals surface area contributed by atoms with Gasteiger partial charge in [0.1, 0.15) is 0 Å². The van der Waals surface area contributed by atoms with Crippen LogP contribution < -0.4 is 0 Å². The van der Waals surface area contributed by atoms with Gasteiger partial charge in [-0.3, -0.25) is 4.90 Å². The summed E-state index contributed by atoms with van der Waals surface area (Å²) in [7, 11) is 1.41. The molecule has 2 bridgehead atoms. The number of benzene rings is 1. The number of esters is 1. The summed E-state index contributed by atoms with van der Waals surface area (Å²) in [4.78, 5) is 14.0. The first kappa shape index (κ1) is 13.1. The highest BCUT2D eigenvalue weighted by Crippen LogP contribution is 2.38. The average molecular weight is 324 g/mol. The lowest BCUT2D eigenvalue weighted by Gasteiger charge is -2.27. The highest BCUT2D eigenvalue weighted by Gasteiger charge is 2.37. The highest BCUT2D eigenvalue weighted by molar-refractivity contribution is 9.10. The van der Waals surface area contributed by atoms with Crippen molar-refractivity contribution in [3.05, 3.63) is 33.8 Å². The molecule has 1 aliphatic carbocycles. The minimum Gasteiger partial charge on any atom is -0.465 e. The first-order valence-corrected chi connectivity index (χ1v) is 7.57. The number of fused-ring (bicyclic) bond motifs is 2. The van der Waals surface area contributed by atoms with Crippen molar-refractivity contribution < 1.29 is 9.53 Å². The summed E-state index contributed by atoms with van der Waals surface area (Å²) in [6.45, 7) is 2.21. The number of hydrogen-bond donors (Lipinski definition) is 0. The Kier molecular flexibility index (Phi) is 3.63. The van der Waals surface area contributed by atoms with Crippen LogP contribution >= 0.6 is 15.9 Å². The molecule has 1 aromatic carbocycles. The number of hydrogen-bond acceptors (Lipinski definition) is 3. The summed E-state index contributed by atoms with van der Waals surface area (Å²) in [5, 5.41) is 0. The Balaban J connectivity index is 1.73. The SMILES string of the molecule is COC(=O)c1ccc(CN2CC3CCC2C3)c(Br)c1. The molecule has 1 saturated carbocycles. The molecule has 1 aromatic rings. The van der Waals surface area contributed by atoms with Gasteiger partial charge < -0.3 is 4.74 Å². The molecule has 102 valence electrons. The largest absolute Gasteiger partial charge is 0.465 e. The van der Waals surface area contributed by atoms with Gasteiger partial charge in [0.15, 0.2) is 0 Å². The van der Waals surface area contributed by atoms with Gasteiger partial charge in [-0.05, 0) is 42.9 Å². The fraction of sp³-hybridized carbons (Fsp3) is 0.533. The first-order valence-electron chi connectivity index (χ1n) is 6.78. The molecule has 19 heavy (non-hydrogen) atoms. The molecule has 0 N–H and O–H groups in total. The third-order valence-electron chi connectivity index (χ3n) is 4.37. The molecule has 3 nitrogen and oxygen atoms in total. The molecule has 1 aliphatic heterocycles. The summed E-state index contributed by atoms with van der Waals surface area (Å²) >= 11 is 3.57. The van der Waals surface area contributed by atoms with E-state index in [-0.39, 0.29) is 5.97 Å². The van der Waals surface area contributed by atoms with Crippen molar-refractivity contribution in [1.82, 2.24) is 4.90 Å². The number of methoxy groups -OCH3 is 1. The average Bonchev–Trinajstić information content (AvgIpc) is 3.02. The van der Waals surface area contributed by atoms with Gasteiger partial charge in [-0.1, -0.05) is 22.0 Å². The summed E-state index contributed by atoms with van der Waals surface area (Å²) in [5.74, 6) is 0.630. The van der Waals surface area contributed by atoms with Gasteiger partial charge in [-0.15, -0.1) is 0 Å². The molecule has 1 saturated heterocycles. The number of rotatable bonds is 3. The Labute approximate surface area is 122 Å². The predicted molar refractivity (Wildman–Crippen MR) is 77.0 cm³/mol. The maximum Gasteiger partial charge on any atom is 0.337 e. The molecule has 4 heteroatoms. The quantitative estimate of drug-likeness (QED) is 0.800. The van der Waals surface area contributed by atoms with Crippen molar-refractivity contribution in [3.8, 4) is 0 Å². The van der Waals surface area contributed by atoms with Gasteiger partial charge in [0, 0.05) is 23.6 Å². The molecule has 0 amide bonds. The maximum atomic E-state index is 11.5. The normalized spacial score (nSPS) is 25.8. The zero-order valence-corrected chi connectivity index (χ0v) is 12.6. The summed E-state index contributed by atoms with van der Waals surface area (Å²) in [5.41, 5.74) is 1.85. The Hall–Kier alpha value is -0.870. The van der Waals surface area contributed by atoms with Crippen LogP contribution in [0, 0.1) is 5.92 Å². The zero-order valence-electron chi connectivity index (χ0n) is 11.1. The van der Waals surface area contributed by atoms with Crippen LogP contribution in [0.15, 0.2) is 22.7 Å². The van der Waals surface area contributed by atoms with Gasteiger partial charge in [0.05, 0.1) is 12.7 Å². The van der Waals surface area contributed by atoms with E-state index in [4.69, 9.17) is 4.74 Å². The topological polar surface area (TPSA) is 29.5 Å². The Morgan fingerprint density at radius 3 is 2.89 bits per heavy atom. The third kappa shape index (κ3) is 2.56. The van der Waals surface area contributed by atoms with Gasteiger partial charge in [0.2, 0.25) is 0 Å². The second kappa shape index (κ2) is 5.25. The van der Waals surface area contributed by atoms with Crippen molar-refractivity contribution >= 4 is 21.9 Å². The molecule has 0 radical (unpaired) electrons. The van der Waals surface area contributed by atoms with Crippen molar-refractivity contribution in [3.63, 3.8) is 0 Å². The van der Waals surface area contributed by atoms with Crippen LogP contribution in [0.2, 0.25) is 0 Å². The monoisotopic (exact) mass is 323 g/mol. The van der Waals surface area contributed by atoms with E-state index in [9.17, 15) is 4.79 Å². The minimum atomic E-state index is -0.285. The number of carbonyl (C=O) groups excluding carboxylic acids is 1. The van der Waals surface area contributed by atoms with Crippen LogP contribution in [-0.2, 0) is 11.3 Å². The van der Waals surface area contributed by atoms with Gasteiger partial charge in [-0.2, -0.15) is 0 Å². The molecule has 0 aromatic heterocycles. The van der Waals surface area contributed by atoms with Crippen LogP contribution in [0.3, 0.4) is 0 Å². The number of nitrogens with zero attached hydrogens (tertiary/aromatic N) is 1. The zero-order chi connectivity index (χ0) is 13.4. The Morgan fingerprint density at radius 2 is 2.32 bits per heavy atom. The number of halogens is 1. The number of likely N-dealkylation sites (tertiary alicyclic amines) is 1. The van der Waals surface area contributed by atoms with E-state index >= 15 is 0 Å². The van der Waals surface area contributed by atoms with Crippen molar-refractivity contribution in [2.75, 3.05) is 13.7 Å². The lowest BCUT2D eigenvalue weighted by atomic mass is 10.1. The summed E-state index contributed by atoms with van der Waals surface area (Å²) in [6.07, 6.45) is 4.13. The van der Waals surface area contributed by atoms with Crippen molar-refractivity contribution in [2.45, 2.75) is 31.8 Å². The molecule has 3 rings (SSSR count). The van der Waals surface area contributed by atoms with Crippen LogP contribution in [0.4, 0.5) is 0 Å². The number of ether oxygens (including phenoxy) is 1. The molecule has 2 unspecified atom stereocenters. The van der Waals surface area contributed by atoms with E-state index in [1.807, 2.05) is 18.2 Å². The van der Waals surface area contributed by atoms with Crippen LogP contribution in [0.25, 0.3) is 0 Å². The van der Waals surface area contributed by atoms with E-state index in [2.05, 4.69) is 20.8 Å². The maximum absolute atomic E-state index is 11.5. The fourth-order valence-corrected chi connectivity index (χ4v) is 3.86. The lowest BCUT2D eigenvalue weighted by molar-refractivity contribution is 0.0600. The Bertz CT molecular complexity index is 503. The minimum absolute atomic E-state index is 0.285. The van der Waals surface area contributed by atoms with Crippen molar-refractivity contribution in [2.24, 2.45) is 5.92 Å². The summed E-state index contributed by atoms with van der Waals surface area (Å²) in [6, 6.07) is 6.51. The molecule has 2 atom stereocenters. The molecule has 1 heterocycles. The van der Waals surface area contributed by atoms with Crippen LogP contribution in [-0.4, -0.2) is 30.6 Å². The second-order valence-electron chi connectivity index (χ2n) is 5.56. The summed E-state index contributed by atoms with van der Waals surface area (Å²) < 4.78 is 5.73. The van der Waals surface area contributed by atoms with E-state index in [1.165, 1.54) is 38.5 Å². The molecule has 0 spiro atoms. The molecule has 2 fully saturated rings. The number of piperidine rings is 1. The van der Waals surface area contributed by atoms with Gasteiger partial charge in [0.25, 0.3) is 0 Å². The predicted octanol–water partition coefficient (Wildman–Crippen LogP) is 3.22. The van der Waals surface area contributed by atoms with Gasteiger partial charge >= 0.3 is 5.97 Å². The lowest BCUT2D eigenvalue weighted by Crippen LogP contribution is -2.31. The van der Waals surface area contributed by atoms with Crippen molar-refractivity contribution in [1.29, 1.82) is 0 Å². The second-order valence-corrected chi connectivity index (χ2v) is 6.41. The van der Waals surface area contributed by atoms with E-state index in [0.29, 0.717) is 5.56 Å². The fourth-order valence-electron chi connectivity index (χ4n) is 3.36. The highest BCUT2D eigenvalue weighted by atomic mass is 79.9. The number of carbonyl (C=O) groups is 1. The molecule has 2 aliphatic rings. The smallest absolute Gasteiger partial charge is 0.337 e. The molecular formula is C15H18BrNO2. The van der Waals surface area contributed by atoms with Gasteiger partial charge in [-0.25, -0.2) is 4.79 Å². The van der Waals surface area contributed by atoms with Crippen LogP contribution in [0.5, 0.6) is 0 Å². The molecular weight excluding hydrogens is 306 g/mol. The van der Waals surface area contributed by atoms with Crippen LogP contribution in [0.1, 0.15) is 35.2 Å². The Morgan fingerprint density at radius 1 is 1.47 bits per heavy atom. The standard InChI is InChI=1S/C15H18BrNO2/c1-19-15(18)11-3-4-12(14(16)7-11)9-17-8-10-2-5-13(17)6-10/h3-4,7,10,13H,2,5-6,8-9H2,1H3. The first-order chi connectivity index (χ1) is 9.17. The van der Waals surface area contributed by atoms with E-state index in [1.54, 1.807) is 0 Å². The van der Waals surface area contributed by atoms with E-state index < -0.39 is 0 Å². The van der Waals surface area contributed by atoms with E-state index in [0.717, 1.165) is 23.0 Å². The third-order valence-corrected chi connectivity index (χ3v) is 5.11.